The molecule has 1 aromatic heterocycles. The summed E-state index contributed by atoms with van der Waals surface area (Å²) in [6.45, 7) is 0. The molecule has 4 nitrogen and oxygen atoms in total. The highest BCUT2D eigenvalue weighted by Gasteiger charge is 2.10. The van der Waals surface area contributed by atoms with Crippen molar-refractivity contribution >= 4 is 21.5 Å². The summed E-state index contributed by atoms with van der Waals surface area (Å²) in [5.74, 6) is 5.75. The molecular formula is C19H15N3O. The molecule has 112 valence electrons. The SMILES string of the molecule is Nn1nc(Cc2cccc3ccccc23)c2ccccc2c1=O. The first-order valence-electron chi connectivity index (χ1n) is 7.47. The minimum atomic E-state index is -0.276. The number of benzene rings is 3. The van der Waals surface area contributed by atoms with Crippen LogP contribution in [0.1, 0.15) is 11.3 Å². The van der Waals surface area contributed by atoms with Crippen molar-refractivity contribution in [3.8, 4) is 0 Å². The van der Waals surface area contributed by atoms with E-state index in [1.807, 2.05) is 36.4 Å². The van der Waals surface area contributed by atoms with Crippen molar-refractivity contribution in [2.24, 2.45) is 0 Å². The molecule has 0 saturated heterocycles. The Morgan fingerprint density at radius 2 is 1.48 bits per heavy atom. The van der Waals surface area contributed by atoms with Gasteiger partial charge in [0, 0.05) is 11.8 Å². The minimum Gasteiger partial charge on any atom is -0.320 e. The molecule has 0 aliphatic heterocycles. The Hall–Kier alpha value is -3.14. The lowest BCUT2D eigenvalue weighted by atomic mass is 9.99. The summed E-state index contributed by atoms with van der Waals surface area (Å²) in [5, 5.41) is 8.12. The van der Waals surface area contributed by atoms with Gasteiger partial charge in [-0.05, 0) is 22.4 Å². The number of aromatic nitrogens is 2. The monoisotopic (exact) mass is 301 g/mol. The molecule has 0 amide bonds. The van der Waals surface area contributed by atoms with Crippen molar-refractivity contribution in [2.75, 3.05) is 5.84 Å². The molecule has 0 aliphatic carbocycles. The van der Waals surface area contributed by atoms with Crippen LogP contribution in [0.3, 0.4) is 0 Å². The molecule has 23 heavy (non-hydrogen) atoms. The maximum absolute atomic E-state index is 12.1. The first-order chi connectivity index (χ1) is 11.2. The third-order valence-electron chi connectivity index (χ3n) is 4.14. The van der Waals surface area contributed by atoms with Gasteiger partial charge in [0.15, 0.2) is 0 Å². The molecule has 1 heterocycles. The van der Waals surface area contributed by atoms with Crippen LogP contribution in [0.25, 0.3) is 21.5 Å². The fourth-order valence-corrected chi connectivity index (χ4v) is 3.03. The first-order valence-corrected chi connectivity index (χ1v) is 7.47. The second-order valence-corrected chi connectivity index (χ2v) is 5.56. The number of nitrogen functional groups attached to an aromatic ring is 1. The predicted molar refractivity (Wildman–Crippen MR) is 92.9 cm³/mol. The van der Waals surface area contributed by atoms with E-state index in [0.717, 1.165) is 15.9 Å². The van der Waals surface area contributed by atoms with Crippen molar-refractivity contribution in [1.29, 1.82) is 0 Å². The van der Waals surface area contributed by atoms with Gasteiger partial charge in [0.05, 0.1) is 11.1 Å². The minimum absolute atomic E-state index is 0.276. The van der Waals surface area contributed by atoms with Crippen LogP contribution in [0.2, 0.25) is 0 Å². The second-order valence-electron chi connectivity index (χ2n) is 5.56. The fraction of sp³-hybridized carbons (Fsp3) is 0.0526. The van der Waals surface area contributed by atoms with Crippen LogP contribution in [-0.2, 0) is 6.42 Å². The quantitative estimate of drug-likeness (QED) is 0.579. The van der Waals surface area contributed by atoms with Crippen LogP contribution in [0, 0.1) is 0 Å². The molecule has 0 spiro atoms. The van der Waals surface area contributed by atoms with E-state index in [-0.39, 0.29) is 5.56 Å². The number of fused-ring (bicyclic) bond motifs is 2. The normalized spacial score (nSPS) is 11.1. The van der Waals surface area contributed by atoms with Gasteiger partial charge in [-0.15, -0.1) is 4.79 Å². The van der Waals surface area contributed by atoms with Crippen molar-refractivity contribution in [2.45, 2.75) is 6.42 Å². The average Bonchev–Trinajstić information content (AvgIpc) is 2.60. The third kappa shape index (κ3) is 2.25. The van der Waals surface area contributed by atoms with E-state index in [4.69, 9.17) is 5.84 Å². The number of rotatable bonds is 2. The molecule has 0 atom stereocenters. The number of hydrogen-bond acceptors (Lipinski definition) is 3. The lowest BCUT2D eigenvalue weighted by Gasteiger charge is -2.10. The van der Waals surface area contributed by atoms with E-state index < -0.39 is 0 Å². The standard InChI is InChI=1S/C19H15N3O/c20-22-19(23)17-11-4-3-10-16(17)18(21-22)12-14-8-5-7-13-6-1-2-9-15(13)14/h1-11H,12,20H2. The topological polar surface area (TPSA) is 60.9 Å². The van der Waals surface area contributed by atoms with Crippen molar-refractivity contribution in [1.82, 2.24) is 9.89 Å². The van der Waals surface area contributed by atoms with Crippen LogP contribution in [0.15, 0.2) is 71.5 Å². The predicted octanol–water partition coefficient (Wildman–Crippen LogP) is 2.85. The number of nitrogens with two attached hydrogens (primary N) is 1. The Bertz CT molecular complexity index is 1080. The van der Waals surface area contributed by atoms with E-state index in [1.165, 1.54) is 16.3 Å². The molecule has 0 radical (unpaired) electrons. The Labute approximate surface area is 132 Å². The summed E-state index contributed by atoms with van der Waals surface area (Å²) in [5.41, 5.74) is 1.70. The molecule has 0 aliphatic rings. The molecule has 0 unspecified atom stereocenters. The van der Waals surface area contributed by atoms with Crippen molar-refractivity contribution in [3.63, 3.8) is 0 Å². The summed E-state index contributed by atoms with van der Waals surface area (Å²) in [6, 6.07) is 21.9. The summed E-state index contributed by atoms with van der Waals surface area (Å²) in [7, 11) is 0. The Morgan fingerprint density at radius 1 is 0.826 bits per heavy atom. The van der Waals surface area contributed by atoms with E-state index in [0.29, 0.717) is 11.8 Å². The first kappa shape index (κ1) is 13.5. The largest absolute Gasteiger partial charge is 0.320 e. The van der Waals surface area contributed by atoms with Crippen LogP contribution in [0.4, 0.5) is 0 Å². The van der Waals surface area contributed by atoms with Gasteiger partial charge < -0.3 is 5.84 Å². The van der Waals surface area contributed by atoms with Crippen LogP contribution in [0.5, 0.6) is 0 Å². The Balaban J connectivity index is 1.94. The average molecular weight is 301 g/mol. The van der Waals surface area contributed by atoms with Crippen LogP contribution < -0.4 is 11.4 Å². The highest BCUT2D eigenvalue weighted by molar-refractivity contribution is 5.88. The number of nitrogens with zero attached hydrogens (tertiary/aromatic N) is 2. The van der Waals surface area contributed by atoms with Gasteiger partial charge in [-0.3, -0.25) is 4.79 Å². The van der Waals surface area contributed by atoms with Gasteiger partial charge in [-0.2, -0.15) is 5.10 Å². The number of hydrogen-bond donors (Lipinski definition) is 1. The zero-order chi connectivity index (χ0) is 15.8. The van der Waals surface area contributed by atoms with Gasteiger partial charge >= 0.3 is 0 Å². The highest BCUT2D eigenvalue weighted by atomic mass is 16.1. The van der Waals surface area contributed by atoms with Crippen molar-refractivity contribution < 1.29 is 0 Å². The molecule has 0 saturated carbocycles. The van der Waals surface area contributed by atoms with E-state index in [1.54, 1.807) is 6.07 Å². The Morgan fingerprint density at radius 3 is 2.30 bits per heavy atom. The molecule has 4 heteroatoms. The lowest BCUT2D eigenvalue weighted by molar-refractivity contribution is 0.749. The van der Waals surface area contributed by atoms with Gasteiger partial charge in [0.2, 0.25) is 0 Å². The van der Waals surface area contributed by atoms with E-state index in [9.17, 15) is 4.79 Å². The molecule has 2 N–H and O–H groups in total. The molecule has 0 bridgehead atoms. The molecule has 3 aromatic carbocycles. The second kappa shape index (κ2) is 5.25. The van der Waals surface area contributed by atoms with Gasteiger partial charge in [-0.25, -0.2) is 0 Å². The smallest absolute Gasteiger partial charge is 0.293 e. The Kier molecular flexibility index (Phi) is 3.08. The third-order valence-corrected chi connectivity index (χ3v) is 4.14. The fourth-order valence-electron chi connectivity index (χ4n) is 3.03. The molecule has 0 fully saturated rings. The lowest BCUT2D eigenvalue weighted by Crippen LogP contribution is -2.31. The molecule has 4 aromatic rings. The summed E-state index contributed by atoms with van der Waals surface area (Å²) < 4.78 is 0. The zero-order valence-electron chi connectivity index (χ0n) is 12.4. The van der Waals surface area contributed by atoms with Gasteiger partial charge in [0.25, 0.3) is 5.56 Å². The molecular weight excluding hydrogens is 286 g/mol. The van der Waals surface area contributed by atoms with Crippen molar-refractivity contribution in [3.05, 3.63) is 88.3 Å². The van der Waals surface area contributed by atoms with E-state index in [2.05, 4.69) is 29.4 Å². The highest BCUT2D eigenvalue weighted by Crippen LogP contribution is 2.23. The van der Waals surface area contributed by atoms with Gasteiger partial charge in [-0.1, -0.05) is 60.7 Å². The van der Waals surface area contributed by atoms with Crippen LogP contribution in [-0.4, -0.2) is 9.89 Å². The zero-order valence-corrected chi connectivity index (χ0v) is 12.4. The van der Waals surface area contributed by atoms with Gasteiger partial charge in [0.1, 0.15) is 0 Å². The summed E-state index contributed by atoms with van der Waals surface area (Å²) in [4.78, 5) is 13.1. The summed E-state index contributed by atoms with van der Waals surface area (Å²) in [6.07, 6.45) is 0.624. The maximum Gasteiger partial charge on any atom is 0.293 e. The van der Waals surface area contributed by atoms with E-state index >= 15 is 0 Å². The van der Waals surface area contributed by atoms with Crippen LogP contribution >= 0.6 is 0 Å². The summed E-state index contributed by atoms with van der Waals surface area (Å²) >= 11 is 0. The maximum atomic E-state index is 12.1. The molecule has 4 rings (SSSR count).